The number of benzene rings is 2. The summed E-state index contributed by atoms with van der Waals surface area (Å²) in [5.74, 6) is 3.33. The number of ketones is 1. The van der Waals surface area contributed by atoms with Gasteiger partial charge < -0.3 is 20.2 Å². The second-order valence-electron chi connectivity index (χ2n) is 23.4. The maximum Gasteiger partial charge on any atom is 0.228 e. The van der Waals surface area contributed by atoms with Crippen molar-refractivity contribution in [3.8, 4) is 0 Å². The van der Waals surface area contributed by atoms with Gasteiger partial charge in [-0.1, -0.05) is 107 Å². The topological polar surface area (TPSA) is 90.0 Å². The maximum absolute atomic E-state index is 13.5. The van der Waals surface area contributed by atoms with Crippen LogP contribution in [0.3, 0.4) is 0 Å². The van der Waals surface area contributed by atoms with Crippen LogP contribution in [-0.2, 0) is 9.59 Å². The van der Waals surface area contributed by atoms with E-state index in [4.69, 9.17) is 0 Å². The van der Waals surface area contributed by atoms with E-state index in [0.717, 1.165) is 45.3 Å². The molecule has 1 unspecified atom stereocenters. The van der Waals surface area contributed by atoms with E-state index < -0.39 is 6.10 Å². The minimum absolute atomic E-state index is 0.0143. The Bertz CT molecular complexity index is 2140. The first kappa shape index (κ1) is 44.6. The van der Waals surface area contributed by atoms with Gasteiger partial charge in [-0.25, -0.2) is 0 Å². The highest BCUT2D eigenvalue weighted by molar-refractivity contribution is 5.99. The molecule has 6 fully saturated rings. The summed E-state index contributed by atoms with van der Waals surface area (Å²) in [5.41, 5.74) is 5.88. The molecular formula is C56H77N3O4. The number of nitrogens with zero attached hydrogens (tertiary/aromatic N) is 2. The number of piperidine rings is 1. The number of aliphatic hydroxyl groups is 1. The van der Waals surface area contributed by atoms with Gasteiger partial charge in [-0.05, 0) is 157 Å². The lowest BCUT2D eigenvalue weighted by Gasteiger charge is -2.72. The number of fused-ring (bicyclic) bond motifs is 7. The Hall–Kier alpha value is -3.55. The molecule has 0 aromatic heterocycles. The van der Waals surface area contributed by atoms with Crippen LogP contribution in [0.15, 0.2) is 72.8 Å². The molecule has 0 radical (unpaired) electrons. The monoisotopic (exact) mass is 856 g/mol. The number of allylic oxidation sites excluding steroid dienone is 3. The summed E-state index contributed by atoms with van der Waals surface area (Å²) in [7, 11) is 1.91. The van der Waals surface area contributed by atoms with Crippen LogP contribution < -0.4 is 5.32 Å². The SMILES string of the molecule is C=C(C)[C@@H]1CC[C@]2(CNCCC(=O)N3CCC4(CCN(C)C4=O)CC3)CC[C@]3(C)[C@H](CC[C@@H]4[C@@]5(C)CC=C(c6ccc(C(O)C(=O)c7ccccc7)cc6)C(C)(C)[C@@H]5CC[C@]43C)[C@@H]12. The predicted molar refractivity (Wildman–Crippen MR) is 252 cm³/mol. The van der Waals surface area contributed by atoms with Crippen LogP contribution in [0, 0.1) is 62.1 Å². The molecule has 0 bridgehead atoms. The molecule has 2 N–H and O–H groups in total. The highest BCUT2D eigenvalue weighted by Crippen LogP contribution is 2.77. The van der Waals surface area contributed by atoms with E-state index in [1.807, 2.05) is 47.2 Å². The fourth-order valence-electron chi connectivity index (χ4n) is 16.8. The smallest absolute Gasteiger partial charge is 0.228 e. The van der Waals surface area contributed by atoms with E-state index in [-0.39, 0.29) is 50.1 Å². The van der Waals surface area contributed by atoms with Gasteiger partial charge in [0.2, 0.25) is 11.8 Å². The molecule has 2 heterocycles. The van der Waals surface area contributed by atoms with Crippen molar-refractivity contribution >= 4 is 23.2 Å². The molecule has 5 aliphatic carbocycles. The summed E-state index contributed by atoms with van der Waals surface area (Å²) in [5, 5.41) is 14.9. The van der Waals surface area contributed by atoms with E-state index >= 15 is 0 Å². The highest BCUT2D eigenvalue weighted by Gasteiger charge is 2.70. The van der Waals surface area contributed by atoms with Crippen LogP contribution in [0.4, 0.5) is 0 Å². The minimum atomic E-state index is -1.18. The molecule has 340 valence electrons. The number of carbonyl (C=O) groups is 3. The van der Waals surface area contributed by atoms with Crippen LogP contribution >= 0.6 is 0 Å². The second-order valence-corrected chi connectivity index (χ2v) is 23.4. The average Bonchev–Trinajstić information content (AvgIpc) is 3.79. The average molecular weight is 856 g/mol. The van der Waals surface area contributed by atoms with Crippen molar-refractivity contribution in [2.24, 2.45) is 62.1 Å². The zero-order chi connectivity index (χ0) is 44.7. The van der Waals surface area contributed by atoms with Crippen molar-refractivity contribution in [2.75, 3.05) is 39.8 Å². The predicted octanol–water partition coefficient (Wildman–Crippen LogP) is 10.7. The zero-order valence-electron chi connectivity index (χ0n) is 39.7. The Kier molecular flexibility index (Phi) is 11.4. The van der Waals surface area contributed by atoms with Gasteiger partial charge in [0.1, 0.15) is 6.10 Å². The lowest BCUT2D eigenvalue weighted by atomic mass is 9.32. The van der Waals surface area contributed by atoms with Crippen LogP contribution in [-0.4, -0.2) is 72.3 Å². The third kappa shape index (κ3) is 6.97. The van der Waals surface area contributed by atoms with Gasteiger partial charge in [-0.3, -0.25) is 14.4 Å². The van der Waals surface area contributed by atoms with Gasteiger partial charge in [0.25, 0.3) is 0 Å². The van der Waals surface area contributed by atoms with Gasteiger partial charge in [0.05, 0.1) is 5.41 Å². The minimum Gasteiger partial charge on any atom is -0.380 e. The number of likely N-dealkylation sites (tertiary alicyclic amines) is 2. The molecule has 2 aromatic carbocycles. The molecule has 4 saturated carbocycles. The lowest BCUT2D eigenvalue weighted by Crippen LogP contribution is -2.65. The number of nitrogens with one attached hydrogen (secondary N) is 1. The number of carbonyl (C=O) groups excluding carboxylic acids is 3. The summed E-state index contributed by atoms with van der Waals surface area (Å²) >= 11 is 0. The first-order valence-electron chi connectivity index (χ1n) is 24.9. The zero-order valence-corrected chi connectivity index (χ0v) is 39.7. The molecular weight excluding hydrogens is 779 g/mol. The van der Waals surface area contributed by atoms with Gasteiger partial charge >= 0.3 is 0 Å². The first-order chi connectivity index (χ1) is 29.9. The molecule has 2 amide bonds. The highest BCUT2D eigenvalue weighted by atomic mass is 16.3. The van der Waals surface area contributed by atoms with Crippen molar-refractivity contribution in [1.29, 1.82) is 0 Å². The number of rotatable bonds is 10. The molecule has 7 aliphatic rings. The van der Waals surface area contributed by atoms with Crippen molar-refractivity contribution in [3.05, 3.63) is 89.5 Å². The van der Waals surface area contributed by atoms with Crippen molar-refractivity contribution in [1.82, 2.24) is 15.1 Å². The van der Waals surface area contributed by atoms with E-state index in [0.29, 0.717) is 60.2 Å². The largest absolute Gasteiger partial charge is 0.380 e. The Morgan fingerprint density at radius 3 is 2.19 bits per heavy atom. The molecule has 10 atom stereocenters. The fourth-order valence-corrected chi connectivity index (χ4v) is 16.8. The van der Waals surface area contributed by atoms with E-state index in [2.05, 4.69) is 71.6 Å². The van der Waals surface area contributed by atoms with Gasteiger partial charge in [0, 0.05) is 51.8 Å². The van der Waals surface area contributed by atoms with Crippen molar-refractivity contribution < 1.29 is 19.5 Å². The van der Waals surface area contributed by atoms with Gasteiger partial charge in [-0.15, -0.1) is 0 Å². The molecule has 7 heteroatoms. The number of aliphatic hydroxyl groups excluding tert-OH is 1. The van der Waals surface area contributed by atoms with Gasteiger partial charge in [-0.2, -0.15) is 0 Å². The fraction of sp³-hybridized carbons (Fsp3) is 0.661. The van der Waals surface area contributed by atoms with E-state index in [9.17, 15) is 19.5 Å². The van der Waals surface area contributed by atoms with Crippen LogP contribution in [0.5, 0.6) is 0 Å². The molecule has 2 saturated heterocycles. The Morgan fingerprint density at radius 2 is 1.52 bits per heavy atom. The molecule has 9 rings (SSSR count). The number of Topliss-reactive ketones (excluding diaryl/α,β-unsaturated/α-hetero) is 1. The van der Waals surface area contributed by atoms with E-state index in [1.54, 1.807) is 12.1 Å². The third-order valence-corrected chi connectivity index (χ3v) is 20.5. The summed E-state index contributed by atoms with van der Waals surface area (Å²) in [6.45, 7) is 24.0. The molecule has 7 nitrogen and oxygen atoms in total. The molecule has 2 aromatic rings. The summed E-state index contributed by atoms with van der Waals surface area (Å²) in [6, 6.07) is 17.3. The van der Waals surface area contributed by atoms with Gasteiger partial charge in [0.15, 0.2) is 5.78 Å². The number of hydrogen-bond acceptors (Lipinski definition) is 5. The lowest BCUT2D eigenvalue weighted by molar-refractivity contribution is -0.225. The quantitative estimate of drug-likeness (QED) is 0.141. The Balaban J connectivity index is 0.883. The Morgan fingerprint density at radius 1 is 0.825 bits per heavy atom. The first-order valence-corrected chi connectivity index (χ1v) is 24.9. The summed E-state index contributed by atoms with van der Waals surface area (Å²) in [4.78, 5) is 43.3. The van der Waals surface area contributed by atoms with E-state index in [1.165, 1.54) is 68.1 Å². The number of hydrogen-bond donors (Lipinski definition) is 2. The summed E-state index contributed by atoms with van der Waals surface area (Å²) in [6.07, 6.45) is 15.7. The number of amides is 2. The standard InChI is InChI=1S/C56H77N3O4/c1-37(2)41-20-26-56(36-57-32-23-46(60)59-34-30-55(31-35-59)29-33-58(8)50(55)63)28-27-53(6)43(47(41)56)18-19-45-52(5)24-21-42(51(3,4)44(52)22-25-54(45,53)7)38-14-16-40(17-15-38)49(62)48(61)39-12-10-9-11-13-39/h9-17,21,41,43-45,47,49,57,62H,1,18-20,22-36H2,2-8H3/t41-,43+,44-,45+,47+,49?,52-,53+,54+,56+/m0/s1. The molecule has 2 aliphatic heterocycles. The van der Waals surface area contributed by atoms with Crippen LogP contribution in [0.2, 0.25) is 0 Å². The second kappa shape index (κ2) is 16.1. The molecule has 1 spiro atoms. The van der Waals surface area contributed by atoms with Crippen molar-refractivity contribution in [2.45, 2.75) is 131 Å². The molecule has 63 heavy (non-hydrogen) atoms. The maximum atomic E-state index is 13.5. The normalized spacial score (nSPS) is 37.0. The Labute approximate surface area is 378 Å². The van der Waals surface area contributed by atoms with Crippen molar-refractivity contribution in [3.63, 3.8) is 0 Å². The summed E-state index contributed by atoms with van der Waals surface area (Å²) < 4.78 is 0. The van der Waals surface area contributed by atoms with Crippen LogP contribution in [0.25, 0.3) is 5.57 Å². The van der Waals surface area contributed by atoms with Crippen LogP contribution in [0.1, 0.15) is 153 Å². The third-order valence-electron chi connectivity index (χ3n) is 20.5.